The number of carbonyl (C=O) groups excluding carboxylic acids is 1. The van der Waals surface area contributed by atoms with Gasteiger partial charge in [0, 0.05) is 30.0 Å². The van der Waals surface area contributed by atoms with Gasteiger partial charge >= 0.3 is 0 Å². The summed E-state index contributed by atoms with van der Waals surface area (Å²) in [6, 6.07) is 11.2. The van der Waals surface area contributed by atoms with Gasteiger partial charge in [0.2, 0.25) is 5.91 Å². The van der Waals surface area contributed by atoms with Gasteiger partial charge in [-0.15, -0.1) is 0 Å². The maximum Gasteiger partial charge on any atom is 0.221 e. The van der Waals surface area contributed by atoms with Gasteiger partial charge in [-0.05, 0) is 48.2 Å². The molecule has 0 aromatic heterocycles. The molecule has 0 heterocycles. The fourth-order valence-electron chi connectivity index (χ4n) is 2.46. The summed E-state index contributed by atoms with van der Waals surface area (Å²) in [7, 11) is 0. The molecule has 2 aromatic carbocycles. The maximum absolute atomic E-state index is 11.0. The largest absolute Gasteiger partial charge is 0.507 e. The number of aliphatic imine (C=N–C) groups is 1. The Balaban J connectivity index is 2.29. The monoisotopic (exact) mass is 324 g/mol. The topological polar surface area (TPSA) is 61.7 Å². The van der Waals surface area contributed by atoms with Crippen molar-refractivity contribution in [1.29, 1.82) is 0 Å². The number of hydrogen-bond acceptors (Lipinski definition) is 3. The lowest BCUT2D eigenvalue weighted by Gasteiger charge is -2.22. The van der Waals surface area contributed by atoms with Crippen LogP contribution in [0.1, 0.15) is 44.4 Å². The average molecular weight is 324 g/mol. The molecule has 4 heteroatoms. The van der Waals surface area contributed by atoms with Crippen LogP contribution < -0.4 is 5.32 Å². The van der Waals surface area contributed by atoms with Crippen molar-refractivity contribution < 1.29 is 9.90 Å². The van der Waals surface area contributed by atoms with E-state index in [9.17, 15) is 9.90 Å². The van der Waals surface area contributed by atoms with E-state index in [0.717, 1.165) is 22.5 Å². The second-order valence-electron chi connectivity index (χ2n) is 6.99. The van der Waals surface area contributed by atoms with Gasteiger partial charge in [0.1, 0.15) is 5.75 Å². The van der Waals surface area contributed by atoms with Crippen molar-refractivity contribution in [1.82, 2.24) is 0 Å². The van der Waals surface area contributed by atoms with E-state index in [2.05, 4.69) is 31.1 Å². The van der Waals surface area contributed by atoms with Gasteiger partial charge in [-0.1, -0.05) is 26.8 Å². The van der Waals surface area contributed by atoms with E-state index in [-0.39, 0.29) is 17.1 Å². The minimum absolute atomic E-state index is 0.106. The van der Waals surface area contributed by atoms with Crippen LogP contribution in [0.15, 0.2) is 41.4 Å². The summed E-state index contributed by atoms with van der Waals surface area (Å²) in [5.41, 5.74) is 4.03. The molecular formula is C20H24N2O2. The zero-order chi connectivity index (χ0) is 17.9. The fourth-order valence-corrected chi connectivity index (χ4v) is 2.46. The van der Waals surface area contributed by atoms with Crippen molar-refractivity contribution in [2.45, 2.75) is 40.0 Å². The van der Waals surface area contributed by atoms with Crippen LogP contribution in [0.2, 0.25) is 0 Å². The molecule has 0 bridgehead atoms. The van der Waals surface area contributed by atoms with Gasteiger partial charge in [-0.2, -0.15) is 0 Å². The lowest BCUT2D eigenvalue weighted by atomic mass is 9.84. The standard InChI is InChI=1S/C20H24N2O2/c1-13-10-15(19(24)18(11-13)20(3,4)5)12-21-16-6-8-17(9-7-16)22-14(2)23/h6-12,24H,1-5H3,(H,22,23). The third-order valence-corrected chi connectivity index (χ3v) is 3.63. The quantitative estimate of drug-likeness (QED) is 0.803. The van der Waals surface area contributed by atoms with E-state index in [1.54, 1.807) is 18.3 Å². The minimum atomic E-state index is -0.140. The number of carbonyl (C=O) groups is 1. The van der Waals surface area contributed by atoms with Gasteiger partial charge in [-0.25, -0.2) is 0 Å². The molecule has 2 N–H and O–H groups in total. The van der Waals surface area contributed by atoms with Crippen molar-refractivity contribution in [3.8, 4) is 5.75 Å². The van der Waals surface area contributed by atoms with Crippen molar-refractivity contribution in [3.05, 3.63) is 53.1 Å². The van der Waals surface area contributed by atoms with Crippen molar-refractivity contribution in [2.75, 3.05) is 5.32 Å². The Morgan fingerprint density at radius 3 is 2.33 bits per heavy atom. The first-order valence-electron chi connectivity index (χ1n) is 7.92. The Bertz CT molecular complexity index is 769. The maximum atomic E-state index is 11.0. The molecule has 0 atom stereocenters. The van der Waals surface area contributed by atoms with Gasteiger partial charge in [0.15, 0.2) is 0 Å². The highest BCUT2D eigenvalue weighted by atomic mass is 16.3. The van der Waals surface area contributed by atoms with Gasteiger partial charge in [0.25, 0.3) is 0 Å². The second-order valence-corrected chi connectivity index (χ2v) is 6.99. The molecule has 0 unspecified atom stereocenters. The van der Waals surface area contributed by atoms with E-state index in [0.29, 0.717) is 5.56 Å². The highest BCUT2D eigenvalue weighted by Crippen LogP contribution is 2.33. The number of phenolic OH excluding ortho intramolecular Hbond substituents is 1. The molecule has 2 aromatic rings. The Morgan fingerprint density at radius 2 is 1.79 bits per heavy atom. The molecule has 0 aliphatic carbocycles. The van der Waals surface area contributed by atoms with Crippen LogP contribution in [0, 0.1) is 6.92 Å². The molecule has 0 aliphatic rings. The Morgan fingerprint density at radius 1 is 1.17 bits per heavy atom. The van der Waals surface area contributed by atoms with E-state index >= 15 is 0 Å². The van der Waals surface area contributed by atoms with Gasteiger partial charge in [-0.3, -0.25) is 9.79 Å². The van der Waals surface area contributed by atoms with E-state index < -0.39 is 0 Å². The van der Waals surface area contributed by atoms with Crippen molar-refractivity contribution in [3.63, 3.8) is 0 Å². The third-order valence-electron chi connectivity index (χ3n) is 3.63. The molecular weight excluding hydrogens is 300 g/mol. The smallest absolute Gasteiger partial charge is 0.221 e. The average Bonchev–Trinajstić information content (AvgIpc) is 2.47. The Kier molecular flexibility index (Phi) is 5.07. The van der Waals surface area contributed by atoms with Crippen molar-refractivity contribution >= 4 is 23.5 Å². The molecule has 1 amide bonds. The summed E-state index contributed by atoms with van der Waals surface area (Å²) in [4.78, 5) is 15.4. The van der Waals surface area contributed by atoms with Crippen LogP contribution in [0.3, 0.4) is 0 Å². The molecule has 2 rings (SSSR count). The summed E-state index contributed by atoms with van der Waals surface area (Å²) in [6.45, 7) is 9.70. The number of rotatable bonds is 3. The fraction of sp³-hybridized carbons (Fsp3) is 0.300. The number of benzene rings is 2. The number of nitrogens with zero attached hydrogens (tertiary/aromatic N) is 1. The number of aromatic hydroxyl groups is 1. The minimum Gasteiger partial charge on any atom is -0.507 e. The third kappa shape index (κ3) is 4.44. The summed E-state index contributed by atoms with van der Waals surface area (Å²) in [5, 5.41) is 13.2. The number of phenols is 1. The van der Waals surface area contributed by atoms with Crippen LogP contribution in [-0.4, -0.2) is 17.2 Å². The molecule has 24 heavy (non-hydrogen) atoms. The zero-order valence-corrected chi connectivity index (χ0v) is 14.8. The zero-order valence-electron chi connectivity index (χ0n) is 14.8. The first-order valence-corrected chi connectivity index (χ1v) is 7.92. The van der Waals surface area contributed by atoms with Gasteiger partial charge < -0.3 is 10.4 Å². The molecule has 0 fully saturated rings. The second kappa shape index (κ2) is 6.87. The lowest BCUT2D eigenvalue weighted by molar-refractivity contribution is -0.114. The van der Waals surface area contributed by atoms with E-state index in [1.165, 1.54) is 6.92 Å². The summed E-state index contributed by atoms with van der Waals surface area (Å²) in [5.74, 6) is 0.164. The highest BCUT2D eigenvalue weighted by molar-refractivity contribution is 5.89. The Hall–Kier alpha value is -2.62. The Labute approximate surface area is 143 Å². The number of amides is 1. The molecule has 4 nitrogen and oxygen atoms in total. The summed E-state index contributed by atoms with van der Waals surface area (Å²) >= 11 is 0. The summed E-state index contributed by atoms with van der Waals surface area (Å²) in [6.07, 6.45) is 1.67. The first kappa shape index (κ1) is 17.7. The number of nitrogens with one attached hydrogen (secondary N) is 1. The van der Waals surface area contributed by atoms with E-state index in [4.69, 9.17) is 0 Å². The predicted octanol–water partition coefficient (Wildman–Crippen LogP) is 4.71. The molecule has 0 radical (unpaired) electrons. The molecule has 0 saturated carbocycles. The van der Waals surface area contributed by atoms with Crippen LogP contribution in [0.25, 0.3) is 0 Å². The SMILES string of the molecule is CC(=O)Nc1ccc(N=Cc2cc(C)cc(C(C)(C)C)c2O)cc1. The van der Waals surface area contributed by atoms with Crippen molar-refractivity contribution in [2.24, 2.45) is 4.99 Å². The molecule has 0 aliphatic heterocycles. The number of anilines is 1. The number of aryl methyl sites for hydroxylation is 1. The normalized spacial score (nSPS) is 11.7. The van der Waals surface area contributed by atoms with E-state index in [1.807, 2.05) is 31.2 Å². The number of hydrogen-bond donors (Lipinski definition) is 2. The molecule has 126 valence electrons. The van der Waals surface area contributed by atoms with Crippen LogP contribution in [0.4, 0.5) is 11.4 Å². The van der Waals surface area contributed by atoms with Crippen LogP contribution in [-0.2, 0) is 10.2 Å². The predicted molar refractivity (Wildman–Crippen MR) is 99.5 cm³/mol. The van der Waals surface area contributed by atoms with Crippen LogP contribution >= 0.6 is 0 Å². The first-order chi connectivity index (χ1) is 11.2. The highest BCUT2D eigenvalue weighted by Gasteiger charge is 2.20. The van der Waals surface area contributed by atoms with Crippen LogP contribution in [0.5, 0.6) is 5.75 Å². The lowest BCUT2D eigenvalue weighted by Crippen LogP contribution is -2.12. The molecule has 0 spiro atoms. The summed E-state index contributed by atoms with van der Waals surface area (Å²) < 4.78 is 0. The van der Waals surface area contributed by atoms with Gasteiger partial charge in [0.05, 0.1) is 5.69 Å². The molecule has 0 saturated heterocycles.